The van der Waals surface area contributed by atoms with Gasteiger partial charge in [-0.05, 0) is 24.2 Å². The fourth-order valence-electron chi connectivity index (χ4n) is 1.72. The van der Waals surface area contributed by atoms with Gasteiger partial charge in [0.2, 0.25) is 0 Å². The Labute approximate surface area is 87.2 Å². The van der Waals surface area contributed by atoms with Crippen LogP contribution in [0.25, 0.3) is 0 Å². The van der Waals surface area contributed by atoms with E-state index in [1.54, 1.807) is 4.91 Å². The Morgan fingerprint density at radius 2 is 2.08 bits per heavy atom. The normalized spacial score (nSPS) is 22.0. The minimum absolute atomic E-state index is 0.852. The molecule has 0 amide bonds. The molecule has 76 valence electrons. The van der Waals surface area contributed by atoms with Gasteiger partial charge in [0.1, 0.15) is 0 Å². The lowest BCUT2D eigenvalue weighted by Gasteiger charge is -2.03. The molecule has 1 aliphatic heterocycles. The van der Waals surface area contributed by atoms with Gasteiger partial charge in [0.25, 0.3) is 0 Å². The summed E-state index contributed by atoms with van der Waals surface area (Å²) in [6, 6.07) is 0. The predicted octanol–water partition coefficient (Wildman–Crippen LogP) is 4.76. The molecule has 0 radical (unpaired) electrons. The first kappa shape index (κ1) is 11.2. The summed E-state index contributed by atoms with van der Waals surface area (Å²) in [5, 5.41) is 0.852. The van der Waals surface area contributed by atoms with Gasteiger partial charge in [0, 0.05) is 5.25 Å². The van der Waals surface area contributed by atoms with E-state index in [9.17, 15) is 0 Å². The van der Waals surface area contributed by atoms with E-state index >= 15 is 0 Å². The van der Waals surface area contributed by atoms with Gasteiger partial charge in [-0.15, -0.1) is 11.8 Å². The second kappa shape index (κ2) is 6.53. The summed E-state index contributed by atoms with van der Waals surface area (Å²) >= 11 is 2.09. The van der Waals surface area contributed by atoms with E-state index in [0.717, 1.165) is 5.25 Å². The molecule has 13 heavy (non-hydrogen) atoms. The van der Waals surface area contributed by atoms with Gasteiger partial charge in [-0.3, -0.25) is 0 Å². The van der Waals surface area contributed by atoms with Crippen LogP contribution in [-0.4, -0.2) is 5.25 Å². The van der Waals surface area contributed by atoms with Gasteiger partial charge < -0.3 is 0 Å². The molecular formula is C12H22S. The molecule has 1 heteroatoms. The van der Waals surface area contributed by atoms with Crippen LogP contribution in [0.4, 0.5) is 0 Å². The first-order valence-corrected chi connectivity index (χ1v) is 6.56. The van der Waals surface area contributed by atoms with E-state index in [4.69, 9.17) is 0 Å². The largest absolute Gasteiger partial charge is 0.127 e. The molecule has 1 aliphatic rings. The smallest absolute Gasteiger partial charge is 0.00976 e. The van der Waals surface area contributed by atoms with E-state index in [-0.39, 0.29) is 0 Å². The van der Waals surface area contributed by atoms with Crippen LogP contribution in [0.3, 0.4) is 0 Å². The molecule has 0 aromatic rings. The Morgan fingerprint density at radius 3 is 2.69 bits per heavy atom. The lowest BCUT2D eigenvalue weighted by molar-refractivity contribution is 0.636. The molecule has 1 heterocycles. The van der Waals surface area contributed by atoms with Crippen molar-refractivity contribution >= 4 is 11.8 Å². The molecular weight excluding hydrogens is 176 g/mol. The zero-order valence-electron chi connectivity index (χ0n) is 9.01. The Kier molecular flexibility index (Phi) is 5.61. The number of allylic oxidation sites excluding steroid dienone is 2. The standard InChI is InChI=1S/C12H22S/c1-3-4-5-6-7-8-12-10-9-11(2)13-12/h10-11H,3-9H2,1-2H3. The summed E-state index contributed by atoms with van der Waals surface area (Å²) in [6.07, 6.45) is 12.1. The Morgan fingerprint density at radius 1 is 1.31 bits per heavy atom. The van der Waals surface area contributed by atoms with Gasteiger partial charge in [0.05, 0.1) is 0 Å². The van der Waals surface area contributed by atoms with Crippen LogP contribution in [-0.2, 0) is 0 Å². The van der Waals surface area contributed by atoms with Crippen LogP contribution in [0.15, 0.2) is 11.0 Å². The SMILES string of the molecule is CCCCCCCC1=CCC(C)S1. The van der Waals surface area contributed by atoms with Crippen molar-refractivity contribution in [3.8, 4) is 0 Å². The van der Waals surface area contributed by atoms with Gasteiger partial charge in [0.15, 0.2) is 0 Å². The molecule has 0 aliphatic carbocycles. The third-order valence-electron chi connectivity index (χ3n) is 2.56. The summed E-state index contributed by atoms with van der Waals surface area (Å²) in [5.74, 6) is 0. The third kappa shape index (κ3) is 4.75. The summed E-state index contributed by atoms with van der Waals surface area (Å²) in [7, 11) is 0. The number of rotatable bonds is 6. The fraction of sp³-hybridized carbons (Fsp3) is 0.833. The Bertz CT molecular complexity index is 161. The zero-order chi connectivity index (χ0) is 9.52. The molecule has 0 nitrogen and oxygen atoms in total. The van der Waals surface area contributed by atoms with Crippen molar-refractivity contribution in [2.45, 2.75) is 64.0 Å². The molecule has 1 atom stereocenters. The van der Waals surface area contributed by atoms with Crippen LogP contribution in [0, 0.1) is 0 Å². The molecule has 0 aromatic heterocycles. The summed E-state index contributed by atoms with van der Waals surface area (Å²) in [5.41, 5.74) is 0. The fourth-order valence-corrected chi connectivity index (χ4v) is 2.88. The topological polar surface area (TPSA) is 0 Å². The van der Waals surface area contributed by atoms with Crippen LogP contribution in [0.5, 0.6) is 0 Å². The first-order chi connectivity index (χ1) is 6.33. The minimum atomic E-state index is 0.852. The lowest BCUT2D eigenvalue weighted by Crippen LogP contribution is -1.85. The van der Waals surface area contributed by atoms with Crippen LogP contribution < -0.4 is 0 Å². The van der Waals surface area contributed by atoms with E-state index in [2.05, 4.69) is 31.7 Å². The third-order valence-corrected chi connectivity index (χ3v) is 3.83. The van der Waals surface area contributed by atoms with Crippen molar-refractivity contribution in [2.24, 2.45) is 0 Å². The van der Waals surface area contributed by atoms with E-state index in [0.29, 0.717) is 0 Å². The number of thioether (sulfide) groups is 1. The lowest BCUT2D eigenvalue weighted by atomic mass is 10.1. The van der Waals surface area contributed by atoms with Gasteiger partial charge >= 0.3 is 0 Å². The highest BCUT2D eigenvalue weighted by atomic mass is 32.2. The van der Waals surface area contributed by atoms with E-state index in [1.165, 1.54) is 44.9 Å². The maximum atomic E-state index is 2.44. The molecule has 0 saturated heterocycles. The molecule has 1 rings (SSSR count). The molecule has 0 spiro atoms. The van der Waals surface area contributed by atoms with Crippen LogP contribution >= 0.6 is 11.8 Å². The molecule has 0 fully saturated rings. The highest BCUT2D eigenvalue weighted by molar-refractivity contribution is 8.03. The molecule has 1 unspecified atom stereocenters. The summed E-state index contributed by atoms with van der Waals surface area (Å²) in [6.45, 7) is 4.60. The van der Waals surface area contributed by atoms with Crippen LogP contribution in [0.2, 0.25) is 0 Å². The van der Waals surface area contributed by atoms with Crippen molar-refractivity contribution in [1.82, 2.24) is 0 Å². The average molecular weight is 198 g/mol. The van der Waals surface area contributed by atoms with Crippen LogP contribution in [0.1, 0.15) is 58.8 Å². The van der Waals surface area contributed by atoms with E-state index in [1.807, 2.05) is 0 Å². The number of hydrogen-bond donors (Lipinski definition) is 0. The minimum Gasteiger partial charge on any atom is -0.127 e. The quantitative estimate of drug-likeness (QED) is 0.555. The monoisotopic (exact) mass is 198 g/mol. The first-order valence-electron chi connectivity index (χ1n) is 5.68. The molecule has 0 aromatic carbocycles. The maximum absolute atomic E-state index is 2.44. The second-order valence-electron chi connectivity index (χ2n) is 4.00. The molecule has 0 saturated carbocycles. The van der Waals surface area contributed by atoms with Crippen molar-refractivity contribution in [1.29, 1.82) is 0 Å². The average Bonchev–Trinajstić information content (AvgIpc) is 2.51. The summed E-state index contributed by atoms with van der Waals surface area (Å²) < 4.78 is 0. The van der Waals surface area contributed by atoms with Crippen molar-refractivity contribution in [3.63, 3.8) is 0 Å². The van der Waals surface area contributed by atoms with Crippen molar-refractivity contribution in [3.05, 3.63) is 11.0 Å². The summed E-state index contributed by atoms with van der Waals surface area (Å²) in [4.78, 5) is 1.66. The molecule has 0 N–H and O–H groups in total. The zero-order valence-corrected chi connectivity index (χ0v) is 9.83. The van der Waals surface area contributed by atoms with Gasteiger partial charge in [-0.1, -0.05) is 45.6 Å². The van der Waals surface area contributed by atoms with E-state index < -0.39 is 0 Å². The number of hydrogen-bond acceptors (Lipinski definition) is 1. The van der Waals surface area contributed by atoms with Gasteiger partial charge in [-0.25, -0.2) is 0 Å². The molecule has 0 bridgehead atoms. The highest BCUT2D eigenvalue weighted by Crippen LogP contribution is 2.34. The number of unbranched alkanes of at least 4 members (excludes halogenated alkanes) is 4. The Balaban J connectivity index is 1.94. The van der Waals surface area contributed by atoms with Gasteiger partial charge in [-0.2, -0.15) is 0 Å². The highest BCUT2D eigenvalue weighted by Gasteiger charge is 2.11. The maximum Gasteiger partial charge on any atom is 0.00976 e. The van der Waals surface area contributed by atoms with Crippen molar-refractivity contribution < 1.29 is 0 Å². The van der Waals surface area contributed by atoms with Crippen molar-refractivity contribution in [2.75, 3.05) is 0 Å². The second-order valence-corrected chi connectivity index (χ2v) is 5.56. The Hall–Kier alpha value is 0.0900. The predicted molar refractivity (Wildman–Crippen MR) is 63.1 cm³/mol.